The van der Waals surface area contributed by atoms with Crippen molar-refractivity contribution in [2.45, 2.75) is 13.8 Å². The first kappa shape index (κ1) is 16.5. The number of hydrogen-bond acceptors (Lipinski definition) is 3. The number of nitrogens with one attached hydrogen (secondary N) is 1. The first-order valence-electron chi connectivity index (χ1n) is 6.48. The summed E-state index contributed by atoms with van der Waals surface area (Å²) in [6.07, 6.45) is 0. The fraction of sp³-hybridized carbons (Fsp3) is 0.125. The Bertz CT molecular complexity index is 760. The van der Waals surface area contributed by atoms with E-state index in [1.807, 2.05) is 13.0 Å². The molecule has 0 fully saturated rings. The number of carbonyl (C=O) groups excluding carboxylic acids is 1. The van der Waals surface area contributed by atoms with Crippen LogP contribution in [0.5, 0.6) is 5.75 Å². The summed E-state index contributed by atoms with van der Waals surface area (Å²) in [5.74, 6) is -0.278. The molecule has 1 amide bonds. The molecule has 22 heavy (non-hydrogen) atoms. The van der Waals surface area contributed by atoms with E-state index in [0.29, 0.717) is 21.9 Å². The summed E-state index contributed by atoms with van der Waals surface area (Å²) in [5.41, 5.74) is 4.92. The first-order valence-corrected chi connectivity index (χ1v) is 7.65. The fourth-order valence-corrected chi connectivity index (χ4v) is 2.34. The number of phenols is 1. The summed E-state index contributed by atoms with van der Waals surface area (Å²) in [6.45, 7) is 3.62. The average Bonchev–Trinajstić information content (AvgIpc) is 2.49. The maximum atomic E-state index is 12.1. The van der Waals surface area contributed by atoms with Crippen molar-refractivity contribution in [1.29, 1.82) is 0 Å². The number of amides is 1. The maximum Gasteiger partial charge on any atom is 0.271 e. The van der Waals surface area contributed by atoms with Crippen molar-refractivity contribution >= 4 is 39.1 Å². The van der Waals surface area contributed by atoms with Gasteiger partial charge in [-0.05, 0) is 49.7 Å². The van der Waals surface area contributed by atoms with Crippen molar-refractivity contribution in [3.05, 3.63) is 62.6 Å². The van der Waals surface area contributed by atoms with Gasteiger partial charge in [0, 0.05) is 20.6 Å². The Morgan fingerprint density at radius 1 is 1.27 bits per heavy atom. The van der Waals surface area contributed by atoms with Crippen LogP contribution >= 0.6 is 27.5 Å². The predicted octanol–water partition coefficient (Wildman–Crippen LogP) is 4.27. The highest BCUT2D eigenvalue weighted by atomic mass is 79.9. The molecule has 0 saturated heterocycles. The van der Waals surface area contributed by atoms with Gasteiger partial charge >= 0.3 is 0 Å². The molecule has 0 spiro atoms. The van der Waals surface area contributed by atoms with E-state index in [4.69, 9.17) is 11.6 Å². The summed E-state index contributed by atoms with van der Waals surface area (Å²) in [6, 6.07) is 9.94. The zero-order valence-electron chi connectivity index (χ0n) is 12.0. The molecule has 0 unspecified atom stereocenters. The van der Waals surface area contributed by atoms with Crippen LogP contribution in [0, 0.1) is 6.92 Å². The van der Waals surface area contributed by atoms with Gasteiger partial charge in [-0.1, -0.05) is 33.6 Å². The lowest BCUT2D eigenvalue weighted by Gasteiger charge is -2.06. The van der Waals surface area contributed by atoms with Gasteiger partial charge in [-0.3, -0.25) is 4.79 Å². The van der Waals surface area contributed by atoms with Crippen molar-refractivity contribution in [2.24, 2.45) is 5.10 Å². The second-order valence-electron chi connectivity index (χ2n) is 4.76. The third-order valence-electron chi connectivity index (χ3n) is 3.11. The lowest BCUT2D eigenvalue weighted by molar-refractivity contribution is 0.0954. The third kappa shape index (κ3) is 3.87. The Morgan fingerprint density at radius 3 is 2.68 bits per heavy atom. The number of phenolic OH excluding ortho intramolecular Hbond substituents is 1. The quantitative estimate of drug-likeness (QED) is 0.616. The van der Waals surface area contributed by atoms with Gasteiger partial charge in [0.2, 0.25) is 0 Å². The van der Waals surface area contributed by atoms with E-state index in [1.54, 1.807) is 31.2 Å². The number of halogens is 2. The molecule has 2 aromatic rings. The molecule has 0 aromatic heterocycles. The molecule has 114 valence electrons. The Kier molecular flexibility index (Phi) is 5.21. The molecular formula is C16H14BrClN2O2. The van der Waals surface area contributed by atoms with Gasteiger partial charge in [-0.25, -0.2) is 5.43 Å². The smallest absolute Gasteiger partial charge is 0.271 e. The summed E-state index contributed by atoms with van der Waals surface area (Å²) < 4.78 is 0.855. The van der Waals surface area contributed by atoms with Gasteiger partial charge < -0.3 is 5.11 Å². The Balaban J connectivity index is 2.18. The van der Waals surface area contributed by atoms with Crippen molar-refractivity contribution in [1.82, 2.24) is 5.43 Å². The molecule has 2 aromatic carbocycles. The second kappa shape index (κ2) is 6.94. The highest BCUT2D eigenvalue weighted by molar-refractivity contribution is 9.10. The predicted molar refractivity (Wildman–Crippen MR) is 91.7 cm³/mol. The third-order valence-corrected chi connectivity index (χ3v) is 4.20. The van der Waals surface area contributed by atoms with Crippen LogP contribution in [0.25, 0.3) is 0 Å². The Morgan fingerprint density at radius 2 is 2.00 bits per heavy atom. The standard InChI is InChI=1S/C16H14BrClN2O2/c1-9-3-4-11(7-14(9)17)16(22)20-19-10(2)13-8-12(18)5-6-15(13)21/h3-8,21H,1-2H3,(H,20,22)/b19-10+. The fourth-order valence-electron chi connectivity index (χ4n) is 1.79. The van der Waals surface area contributed by atoms with Crippen LogP contribution in [0.3, 0.4) is 0 Å². The van der Waals surface area contributed by atoms with Crippen LogP contribution in [0.15, 0.2) is 46.0 Å². The highest BCUT2D eigenvalue weighted by Crippen LogP contribution is 2.22. The van der Waals surface area contributed by atoms with E-state index < -0.39 is 0 Å². The van der Waals surface area contributed by atoms with Gasteiger partial charge in [0.25, 0.3) is 5.91 Å². The van der Waals surface area contributed by atoms with Gasteiger partial charge in [0.05, 0.1) is 5.71 Å². The minimum Gasteiger partial charge on any atom is -0.507 e. The molecule has 0 radical (unpaired) electrons. The number of aryl methyl sites for hydroxylation is 1. The molecule has 0 aliphatic rings. The average molecular weight is 382 g/mol. The summed E-state index contributed by atoms with van der Waals surface area (Å²) >= 11 is 9.28. The van der Waals surface area contributed by atoms with Crippen molar-refractivity contribution in [3.8, 4) is 5.75 Å². The monoisotopic (exact) mass is 380 g/mol. The Labute approximate surface area is 141 Å². The van der Waals surface area contributed by atoms with Crippen molar-refractivity contribution in [3.63, 3.8) is 0 Å². The van der Waals surface area contributed by atoms with E-state index in [2.05, 4.69) is 26.5 Å². The summed E-state index contributed by atoms with van der Waals surface area (Å²) in [4.78, 5) is 12.1. The number of rotatable bonds is 3. The SMILES string of the molecule is C/C(=N\NC(=O)c1ccc(C)c(Br)c1)c1cc(Cl)ccc1O. The zero-order valence-corrected chi connectivity index (χ0v) is 14.4. The number of benzene rings is 2. The number of nitrogens with zero attached hydrogens (tertiary/aromatic N) is 1. The van der Waals surface area contributed by atoms with Crippen molar-refractivity contribution < 1.29 is 9.90 Å². The van der Waals surface area contributed by atoms with Crippen LogP contribution < -0.4 is 5.43 Å². The molecule has 2 rings (SSSR count). The van der Waals surface area contributed by atoms with E-state index >= 15 is 0 Å². The molecule has 0 bridgehead atoms. The van der Waals surface area contributed by atoms with Gasteiger partial charge in [0.15, 0.2) is 0 Å². The normalized spacial score (nSPS) is 11.4. The second-order valence-corrected chi connectivity index (χ2v) is 6.05. The molecule has 4 nitrogen and oxygen atoms in total. The van der Waals surface area contributed by atoms with Crippen LogP contribution in [0.4, 0.5) is 0 Å². The lowest BCUT2D eigenvalue weighted by atomic mass is 10.1. The molecule has 2 N–H and O–H groups in total. The van der Waals surface area contributed by atoms with E-state index in [-0.39, 0.29) is 11.7 Å². The maximum absolute atomic E-state index is 12.1. The molecule has 0 aliphatic heterocycles. The summed E-state index contributed by atoms with van der Waals surface area (Å²) in [5, 5.41) is 14.3. The Hall–Kier alpha value is -1.85. The van der Waals surface area contributed by atoms with Gasteiger partial charge in [0.1, 0.15) is 5.75 Å². The molecule has 0 aliphatic carbocycles. The van der Waals surface area contributed by atoms with Crippen LogP contribution in [0.1, 0.15) is 28.4 Å². The van der Waals surface area contributed by atoms with Crippen LogP contribution in [-0.2, 0) is 0 Å². The van der Waals surface area contributed by atoms with E-state index in [0.717, 1.165) is 10.0 Å². The van der Waals surface area contributed by atoms with Crippen LogP contribution in [-0.4, -0.2) is 16.7 Å². The summed E-state index contributed by atoms with van der Waals surface area (Å²) in [7, 11) is 0. The number of aromatic hydroxyl groups is 1. The zero-order chi connectivity index (χ0) is 16.3. The number of carbonyl (C=O) groups is 1. The molecule has 0 saturated carbocycles. The van der Waals surface area contributed by atoms with Crippen LogP contribution in [0.2, 0.25) is 5.02 Å². The molecule has 0 atom stereocenters. The minimum atomic E-state index is -0.332. The van der Waals surface area contributed by atoms with Crippen molar-refractivity contribution in [2.75, 3.05) is 0 Å². The highest BCUT2D eigenvalue weighted by Gasteiger charge is 2.09. The van der Waals surface area contributed by atoms with Gasteiger partial charge in [-0.15, -0.1) is 0 Å². The molecule has 0 heterocycles. The van der Waals surface area contributed by atoms with Gasteiger partial charge in [-0.2, -0.15) is 5.10 Å². The molecular weight excluding hydrogens is 368 g/mol. The minimum absolute atomic E-state index is 0.0537. The topological polar surface area (TPSA) is 61.7 Å². The largest absolute Gasteiger partial charge is 0.507 e. The number of hydrogen-bond donors (Lipinski definition) is 2. The lowest BCUT2D eigenvalue weighted by Crippen LogP contribution is -2.19. The molecule has 6 heteroatoms. The van der Waals surface area contributed by atoms with E-state index in [9.17, 15) is 9.90 Å². The number of hydrazone groups is 1. The van der Waals surface area contributed by atoms with E-state index in [1.165, 1.54) is 6.07 Å². The first-order chi connectivity index (χ1) is 10.4.